The molecule has 5 heteroatoms. The Bertz CT molecular complexity index is 120. The largest absolute Gasteiger partial charge is 0.631 e. The smallest absolute Gasteiger partial charge is 0.402 e. The molecule has 0 aliphatic rings. The predicted octanol–water partition coefficient (Wildman–Crippen LogP) is 0.284. The van der Waals surface area contributed by atoms with Crippen molar-refractivity contribution in [1.29, 1.82) is 5.26 Å². The van der Waals surface area contributed by atoms with E-state index in [2.05, 4.69) is 19.9 Å². The fraction of sp³-hybridized carbons (Fsp3) is 0.857. The van der Waals surface area contributed by atoms with E-state index in [-0.39, 0.29) is 0 Å². The minimum atomic E-state index is -2.17. The highest BCUT2D eigenvalue weighted by atomic mass is 16.5. The summed E-state index contributed by atoms with van der Waals surface area (Å²) in [5, 5.41) is 29.6. The first kappa shape index (κ1) is 14.0. The summed E-state index contributed by atoms with van der Waals surface area (Å²) in [5.41, 5.74) is 0. The lowest BCUT2D eigenvalue weighted by Crippen LogP contribution is -2.07. The maximum atomic E-state index is 8.13. The first-order valence-corrected chi connectivity index (χ1v) is 3.91. The van der Waals surface area contributed by atoms with Gasteiger partial charge in [-0.2, -0.15) is 5.26 Å². The zero-order valence-electron chi connectivity index (χ0n) is 7.56. The molecule has 0 aliphatic carbocycles. The van der Waals surface area contributed by atoms with E-state index in [0.29, 0.717) is 0 Å². The van der Waals surface area contributed by atoms with Crippen molar-refractivity contribution in [3.63, 3.8) is 0 Å². The molecule has 0 unspecified atom stereocenters. The first-order chi connectivity index (χ1) is 5.50. The Morgan fingerprint density at radius 1 is 1.33 bits per heavy atom. The van der Waals surface area contributed by atoms with E-state index in [1.54, 1.807) is 0 Å². The van der Waals surface area contributed by atoms with Crippen molar-refractivity contribution in [2.45, 2.75) is 33.1 Å². The molecular weight excluding hydrogens is 157 g/mol. The Morgan fingerprint density at radius 3 is 2.00 bits per heavy atom. The van der Waals surface area contributed by atoms with Gasteiger partial charge < -0.3 is 15.1 Å². The van der Waals surface area contributed by atoms with Gasteiger partial charge in [-0.05, 0) is 18.8 Å². The number of hydrogen-bond donors (Lipinski definition) is 3. The standard InChI is InChI=1S/C7H13N.BH3O3/c1-7(2)5-3-4-6-8;2-1(3)4/h7H,3-5H2,1-2H3;2-4H. The Hall–Kier alpha value is -0.565. The van der Waals surface area contributed by atoms with Gasteiger partial charge in [-0.1, -0.05) is 13.8 Å². The zero-order valence-corrected chi connectivity index (χ0v) is 7.56. The van der Waals surface area contributed by atoms with Gasteiger partial charge in [0.2, 0.25) is 0 Å². The lowest BCUT2D eigenvalue weighted by atomic mass is 10.1. The maximum absolute atomic E-state index is 8.13. The second-order valence-electron chi connectivity index (χ2n) is 2.79. The number of nitriles is 1. The Kier molecular flexibility index (Phi) is 12.2. The minimum Gasteiger partial charge on any atom is -0.402 e. The van der Waals surface area contributed by atoms with Gasteiger partial charge in [0.05, 0.1) is 6.07 Å². The topological polar surface area (TPSA) is 84.5 Å². The third-order valence-electron chi connectivity index (χ3n) is 1.07. The van der Waals surface area contributed by atoms with E-state index in [1.165, 1.54) is 6.42 Å². The molecule has 4 nitrogen and oxygen atoms in total. The number of unbranched alkanes of at least 4 members (excludes halogenated alkanes) is 1. The molecule has 0 aromatic heterocycles. The van der Waals surface area contributed by atoms with E-state index in [0.717, 1.165) is 18.8 Å². The maximum Gasteiger partial charge on any atom is 0.631 e. The van der Waals surface area contributed by atoms with Gasteiger partial charge in [-0.15, -0.1) is 0 Å². The summed E-state index contributed by atoms with van der Waals surface area (Å²) in [7, 11) is -2.17. The Balaban J connectivity index is 0. The lowest BCUT2D eigenvalue weighted by molar-refractivity contribution is 0.278. The van der Waals surface area contributed by atoms with E-state index in [9.17, 15) is 0 Å². The monoisotopic (exact) mass is 173 g/mol. The second-order valence-corrected chi connectivity index (χ2v) is 2.79. The van der Waals surface area contributed by atoms with E-state index in [1.807, 2.05) is 0 Å². The van der Waals surface area contributed by atoms with Crippen molar-refractivity contribution in [3.8, 4) is 6.07 Å². The molecule has 0 saturated carbocycles. The van der Waals surface area contributed by atoms with Gasteiger partial charge in [0.25, 0.3) is 0 Å². The molecule has 0 spiro atoms. The van der Waals surface area contributed by atoms with Crippen molar-refractivity contribution < 1.29 is 15.1 Å². The fourth-order valence-electron chi connectivity index (χ4n) is 0.589. The van der Waals surface area contributed by atoms with Crippen LogP contribution in [0, 0.1) is 17.2 Å². The molecule has 0 heterocycles. The summed E-state index contributed by atoms with van der Waals surface area (Å²) in [5.74, 6) is 0.753. The Labute approximate surface area is 73.6 Å². The van der Waals surface area contributed by atoms with Crippen LogP contribution in [0.5, 0.6) is 0 Å². The average Bonchev–Trinajstić information content (AvgIpc) is 1.86. The SMILES string of the molecule is CC(C)CCCC#N.OB(O)O. The summed E-state index contributed by atoms with van der Waals surface area (Å²) in [4.78, 5) is 0. The van der Waals surface area contributed by atoms with Crippen LogP contribution in [0.2, 0.25) is 0 Å². The summed E-state index contributed by atoms with van der Waals surface area (Å²) in [6.07, 6.45) is 2.97. The van der Waals surface area contributed by atoms with Crippen LogP contribution < -0.4 is 0 Å². The molecule has 0 aliphatic heterocycles. The third-order valence-corrected chi connectivity index (χ3v) is 1.07. The highest BCUT2D eigenvalue weighted by Crippen LogP contribution is 2.04. The number of nitrogens with zero attached hydrogens (tertiary/aromatic N) is 1. The quantitative estimate of drug-likeness (QED) is 0.422. The molecule has 0 aromatic rings. The van der Waals surface area contributed by atoms with Gasteiger partial charge in [-0.3, -0.25) is 0 Å². The molecule has 0 atom stereocenters. The van der Waals surface area contributed by atoms with Gasteiger partial charge in [0, 0.05) is 6.42 Å². The normalized spacial score (nSPS) is 8.42. The molecule has 0 rings (SSSR count). The van der Waals surface area contributed by atoms with Crippen molar-refractivity contribution in [2.75, 3.05) is 0 Å². The van der Waals surface area contributed by atoms with Crippen LogP contribution in [-0.4, -0.2) is 22.4 Å². The third kappa shape index (κ3) is 34.1. The molecule has 0 amide bonds. The number of hydrogen-bond acceptors (Lipinski definition) is 4. The number of rotatable bonds is 3. The zero-order chi connectivity index (χ0) is 9.98. The Morgan fingerprint density at radius 2 is 1.75 bits per heavy atom. The molecule has 12 heavy (non-hydrogen) atoms. The molecule has 0 radical (unpaired) electrons. The van der Waals surface area contributed by atoms with E-state index in [4.69, 9.17) is 20.3 Å². The molecule has 0 fully saturated rings. The van der Waals surface area contributed by atoms with Crippen LogP contribution in [0.15, 0.2) is 0 Å². The summed E-state index contributed by atoms with van der Waals surface area (Å²) >= 11 is 0. The van der Waals surface area contributed by atoms with Crippen LogP contribution in [0.1, 0.15) is 33.1 Å². The molecule has 0 aromatic carbocycles. The summed E-state index contributed by atoms with van der Waals surface area (Å²) < 4.78 is 0. The highest BCUT2D eigenvalue weighted by molar-refractivity contribution is 6.30. The van der Waals surface area contributed by atoms with Gasteiger partial charge >= 0.3 is 7.32 Å². The minimum absolute atomic E-state index is 0.720. The predicted molar refractivity (Wildman–Crippen MR) is 46.7 cm³/mol. The summed E-state index contributed by atoms with van der Waals surface area (Å²) in [6, 6.07) is 2.12. The van der Waals surface area contributed by atoms with Crippen LogP contribution in [0.3, 0.4) is 0 Å². The van der Waals surface area contributed by atoms with Crippen LogP contribution >= 0.6 is 0 Å². The van der Waals surface area contributed by atoms with Crippen molar-refractivity contribution in [3.05, 3.63) is 0 Å². The van der Waals surface area contributed by atoms with Crippen LogP contribution in [0.4, 0.5) is 0 Å². The van der Waals surface area contributed by atoms with Gasteiger partial charge in [-0.25, -0.2) is 0 Å². The molecule has 0 bridgehead atoms. The van der Waals surface area contributed by atoms with E-state index < -0.39 is 7.32 Å². The molecule has 3 N–H and O–H groups in total. The van der Waals surface area contributed by atoms with E-state index >= 15 is 0 Å². The molecule has 0 saturated heterocycles. The van der Waals surface area contributed by atoms with Crippen molar-refractivity contribution in [2.24, 2.45) is 5.92 Å². The molecule has 70 valence electrons. The summed E-state index contributed by atoms with van der Waals surface area (Å²) in [6.45, 7) is 4.36. The van der Waals surface area contributed by atoms with Crippen LogP contribution in [-0.2, 0) is 0 Å². The van der Waals surface area contributed by atoms with Crippen molar-refractivity contribution >= 4 is 7.32 Å². The fourth-order valence-corrected chi connectivity index (χ4v) is 0.589. The second kappa shape index (κ2) is 10.4. The van der Waals surface area contributed by atoms with Crippen LogP contribution in [0.25, 0.3) is 0 Å². The average molecular weight is 173 g/mol. The molecular formula is C7H16BNO3. The highest BCUT2D eigenvalue weighted by Gasteiger charge is 1.92. The van der Waals surface area contributed by atoms with Crippen molar-refractivity contribution in [1.82, 2.24) is 0 Å². The van der Waals surface area contributed by atoms with Gasteiger partial charge in [0.1, 0.15) is 0 Å². The van der Waals surface area contributed by atoms with Gasteiger partial charge in [0.15, 0.2) is 0 Å². The first-order valence-electron chi connectivity index (χ1n) is 3.91. The lowest BCUT2D eigenvalue weighted by Gasteiger charge is -1.98.